The summed E-state index contributed by atoms with van der Waals surface area (Å²) in [6.45, 7) is 2.06. The first-order chi connectivity index (χ1) is 7.55. The molecule has 0 aliphatic carbocycles. The van der Waals surface area contributed by atoms with Crippen molar-refractivity contribution in [2.45, 2.75) is 18.8 Å². The molecule has 1 fully saturated rings. The molecule has 3 nitrogen and oxygen atoms in total. The molecule has 5 heteroatoms. The normalized spacial score (nSPS) is 29.6. The summed E-state index contributed by atoms with van der Waals surface area (Å²) in [4.78, 5) is 0. The average Bonchev–Trinajstić information content (AvgIpc) is 2.61. The Morgan fingerprint density at radius 3 is 2.81 bits per heavy atom. The van der Waals surface area contributed by atoms with Crippen LogP contribution in [0.2, 0.25) is 10.0 Å². The van der Waals surface area contributed by atoms with Gasteiger partial charge in [0, 0.05) is 10.6 Å². The number of ether oxygens (including phenoxy) is 2. The van der Waals surface area contributed by atoms with Crippen molar-refractivity contribution in [3.05, 3.63) is 33.8 Å². The zero-order valence-electron chi connectivity index (χ0n) is 8.74. The van der Waals surface area contributed by atoms with Gasteiger partial charge < -0.3 is 14.6 Å². The van der Waals surface area contributed by atoms with Crippen LogP contribution in [-0.2, 0) is 15.3 Å². The number of benzene rings is 1. The quantitative estimate of drug-likeness (QED) is 0.891. The van der Waals surface area contributed by atoms with Crippen LogP contribution in [0.25, 0.3) is 0 Å². The van der Waals surface area contributed by atoms with Gasteiger partial charge >= 0.3 is 0 Å². The van der Waals surface area contributed by atoms with Crippen LogP contribution in [0.15, 0.2) is 18.2 Å². The minimum atomic E-state index is -0.908. The lowest BCUT2D eigenvalue weighted by atomic mass is 10.1. The fraction of sp³-hybridized carbons (Fsp3) is 0.455. The molecule has 1 N–H and O–H groups in total. The van der Waals surface area contributed by atoms with E-state index in [1.807, 2.05) is 0 Å². The topological polar surface area (TPSA) is 38.7 Å². The van der Waals surface area contributed by atoms with Gasteiger partial charge in [-0.3, -0.25) is 0 Å². The Balaban J connectivity index is 2.30. The van der Waals surface area contributed by atoms with Gasteiger partial charge in [-0.2, -0.15) is 0 Å². The molecule has 1 aromatic carbocycles. The minimum Gasteiger partial charge on any atom is -0.394 e. The van der Waals surface area contributed by atoms with E-state index in [1.165, 1.54) is 0 Å². The Bertz CT molecular complexity index is 397. The zero-order valence-corrected chi connectivity index (χ0v) is 10.3. The van der Waals surface area contributed by atoms with E-state index in [0.717, 1.165) is 5.56 Å². The van der Waals surface area contributed by atoms with E-state index in [1.54, 1.807) is 25.1 Å². The van der Waals surface area contributed by atoms with E-state index >= 15 is 0 Å². The summed E-state index contributed by atoms with van der Waals surface area (Å²) in [7, 11) is 0. The number of hydrogen-bond acceptors (Lipinski definition) is 3. The van der Waals surface area contributed by atoms with Gasteiger partial charge in [-0.15, -0.1) is 0 Å². The smallest absolute Gasteiger partial charge is 0.194 e. The summed E-state index contributed by atoms with van der Waals surface area (Å²) in [6, 6.07) is 5.14. The van der Waals surface area contributed by atoms with Crippen molar-refractivity contribution in [3.63, 3.8) is 0 Å². The Morgan fingerprint density at radius 2 is 2.25 bits per heavy atom. The lowest BCUT2D eigenvalue weighted by Gasteiger charge is -2.24. The SMILES string of the molecule is C[C@@]1(c2ccc(Cl)cc2Cl)OC[C@H](CO)O1. The second-order valence-corrected chi connectivity index (χ2v) is 4.65. The van der Waals surface area contributed by atoms with Crippen LogP contribution in [-0.4, -0.2) is 24.4 Å². The second-order valence-electron chi connectivity index (χ2n) is 3.80. The predicted molar refractivity (Wildman–Crippen MR) is 61.7 cm³/mol. The van der Waals surface area contributed by atoms with Crippen molar-refractivity contribution in [2.75, 3.05) is 13.2 Å². The highest BCUT2D eigenvalue weighted by Gasteiger charge is 2.39. The Labute approximate surface area is 104 Å². The third-order valence-electron chi connectivity index (χ3n) is 2.56. The molecule has 1 saturated heterocycles. The largest absolute Gasteiger partial charge is 0.394 e. The van der Waals surface area contributed by atoms with E-state index in [0.29, 0.717) is 16.7 Å². The highest BCUT2D eigenvalue weighted by atomic mass is 35.5. The Kier molecular flexibility index (Phi) is 3.42. The Hall–Kier alpha value is -0.320. The van der Waals surface area contributed by atoms with Crippen molar-refractivity contribution in [3.8, 4) is 0 Å². The van der Waals surface area contributed by atoms with Gasteiger partial charge in [-0.05, 0) is 19.1 Å². The van der Waals surface area contributed by atoms with Gasteiger partial charge in [0.2, 0.25) is 0 Å². The van der Waals surface area contributed by atoms with E-state index in [4.69, 9.17) is 37.8 Å². The molecular formula is C11H12Cl2O3. The molecule has 2 atom stereocenters. The van der Waals surface area contributed by atoms with Crippen molar-refractivity contribution in [1.29, 1.82) is 0 Å². The van der Waals surface area contributed by atoms with Crippen LogP contribution in [0.5, 0.6) is 0 Å². The van der Waals surface area contributed by atoms with Gasteiger partial charge in [0.1, 0.15) is 6.10 Å². The fourth-order valence-corrected chi connectivity index (χ4v) is 2.31. The highest BCUT2D eigenvalue weighted by molar-refractivity contribution is 6.35. The fourth-order valence-electron chi connectivity index (χ4n) is 1.73. The van der Waals surface area contributed by atoms with Crippen LogP contribution < -0.4 is 0 Å². The third kappa shape index (κ3) is 2.19. The van der Waals surface area contributed by atoms with E-state index in [9.17, 15) is 0 Å². The van der Waals surface area contributed by atoms with Crippen LogP contribution in [0.1, 0.15) is 12.5 Å². The maximum Gasteiger partial charge on any atom is 0.194 e. The van der Waals surface area contributed by atoms with E-state index in [2.05, 4.69) is 0 Å². The first-order valence-corrected chi connectivity index (χ1v) is 5.69. The maximum absolute atomic E-state index is 9.00. The standard InChI is InChI=1S/C11H12Cl2O3/c1-11(15-6-8(5-14)16-11)9-3-2-7(12)4-10(9)13/h2-4,8,14H,5-6H2,1H3/t8-,11+/m0/s1. The summed E-state index contributed by atoms with van der Waals surface area (Å²) in [6.07, 6.45) is -0.309. The van der Waals surface area contributed by atoms with Gasteiger partial charge in [0.25, 0.3) is 0 Å². The predicted octanol–water partition coefficient (Wildman–Crippen LogP) is 2.57. The highest BCUT2D eigenvalue weighted by Crippen LogP contribution is 2.38. The van der Waals surface area contributed by atoms with Crippen molar-refractivity contribution >= 4 is 23.2 Å². The van der Waals surface area contributed by atoms with Crippen LogP contribution in [0.4, 0.5) is 0 Å². The maximum atomic E-state index is 9.00. The van der Waals surface area contributed by atoms with Gasteiger partial charge in [0.15, 0.2) is 5.79 Å². The number of rotatable bonds is 2. The molecular weight excluding hydrogens is 251 g/mol. The molecule has 0 saturated carbocycles. The summed E-state index contributed by atoms with van der Waals surface area (Å²) in [5, 5.41) is 10.1. The van der Waals surface area contributed by atoms with Crippen molar-refractivity contribution in [2.24, 2.45) is 0 Å². The molecule has 1 aliphatic rings. The minimum absolute atomic E-state index is 0.0687. The summed E-state index contributed by atoms with van der Waals surface area (Å²) < 4.78 is 11.1. The van der Waals surface area contributed by atoms with Gasteiger partial charge in [0.05, 0.1) is 18.2 Å². The lowest BCUT2D eigenvalue weighted by molar-refractivity contribution is -0.165. The number of hydrogen-bond donors (Lipinski definition) is 1. The first kappa shape index (κ1) is 12.1. The second kappa shape index (κ2) is 4.51. The molecule has 1 heterocycles. The Morgan fingerprint density at radius 1 is 1.50 bits per heavy atom. The molecule has 0 amide bonds. The van der Waals surface area contributed by atoms with E-state index in [-0.39, 0.29) is 12.7 Å². The van der Waals surface area contributed by atoms with Gasteiger partial charge in [-0.1, -0.05) is 29.3 Å². The number of aliphatic hydroxyl groups is 1. The monoisotopic (exact) mass is 262 g/mol. The summed E-state index contributed by atoms with van der Waals surface area (Å²) in [5.41, 5.74) is 0.717. The average molecular weight is 263 g/mol. The molecule has 88 valence electrons. The number of halogens is 2. The van der Waals surface area contributed by atoms with Crippen LogP contribution in [0.3, 0.4) is 0 Å². The zero-order chi connectivity index (χ0) is 11.8. The van der Waals surface area contributed by atoms with Gasteiger partial charge in [-0.25, -0.2) is 0 Å². The number of aliphatic hydroxyl groups excluding tert-OH is 1. The molecule has 0 aromatic heterocycles. The molecule has 1 aromatic rings. The lowest BCUT2D eigenvalue weighted by Crippen LogP contribution is -2.25. The molecule has 0 radical (unpaired) electrons. The molecule has 0 bridgehead atoms. The van der Waals surface area contributed by atoms with E-state index < -0.39 is 5.79 Å². The molecule has 0 unspecified atom stereocenters. The van der Waals surface area contributed by atoms with Crippen LogP contribution in [0, 0.1) is 0 Å². The van der Waals surface area contributed by atoms with Crippen molar-refractivity contribution < 1.29 is 14.6 Å². The summed E-state index contributed by atoms with van der Waals surface area (Å²) >= 11 is 11.9. The third-order valence-corrected chi connectivity index (χ3v) is 3.11. The molecule has 1 aliphatic heterocycles. The summed E-state index contributed by atoms with van der Waals surface area (Å²) in [5.74, 6) is -0.908. The van der Waals surface area contributed by atoms with Crippen molar-refractivity contribution in [1.82, 2.24) is 0 Å². The first-order valence-electron chi connectivity index (χ1n) is 4.93. The molecule has 0 spiro atoms. The molecule has 16 heavy (non-hydrogen) atoms. The molecule has 2 rings (SSSR count). The van der Waals surface area contributed by atoms with Crippen LogP contribution >= 0.6 is 23.2 Å².